The number of hydrogen-bond acceptors (Lipinski definition) is 5. The number of amides is 3. The third kappa shape index (κ3) is 5.08. The second kappa shape index (κ2) is 10.2. The molecule has 0 fully saturated rings. The van der Waals surface area contributed by atoms with Crippen molar-refractivity contribution in [3.05, 3.63) is 65.2 Å². The van der Waals surface area contributed by atoms with E-state index in [2.05, 4.69) is 5.32 Å². The van der Waals surface area contributed by atoms with Gasteiger partial charge in [0, 0.05) is 26.6 Å². The maximum Gasteiger partial charge on any atom is 0.269 e. The maximum absolute atomic E-state index is 13.2. The highest BCUT2D eigenvalue weighted by molar-refractivity contribution is 7.90. The first-order valence-corrected chi connectivity index (χ1v) is 12.4. The molecule has 0 saturated heterocycles. The molecular formula is C24H29N3O5S. The number of fused-ring (bicyclic) bond motifs is 1. The fourth-order valence-corrected chi connectivity index (χ4v) is 5.55. The number of nitrogens with zero attached hydrogens (tertiary/aromatic N) is 2. The molecule has 0 aromatic heterocycles. The summed E-state index contributed by atoms with van der Waals surface area (Å²) in [4.78, 5) is 39.7. The zero-order chi connectivity index (χ0) is 24.2. The van der Waals surface area contributed by atoms with Crippen molar-refractivity contribution in [3.8, 4) is 0 Å². The molecule has 2 aromatic carbocycles. The van der Waals surface area contributed by atoms with Crippen LogP contribution in [0.3, 0.4) is 0 Å². The van der Waals surface area contributed by atoms with Crippen LogP contribution in [0.15, 0.2) is 53.4 Å². The highest BCUT2D eigenvalue weighted by atomic mass is 32.2. The van der Waals surface area contributed by atoms with E-state index >= 15 is 0 Å². The molecule has 0 bridgehead atoms. The smallest absolute Gasteiger partial charge is 0.269 e. The highest BCUT2D eigenvalue weighted by Crippen LogP contribution is 2.30. The van der Waals surface area contributed by atoms with Gasteiger partial charge in [0.25, 0.3) is 15.9 Å². The van der Waals surface area contributed by atoms with E-state index in [-0.39, 0.29) is 48.2 Å². The number of hydrogen-bond donors (Lipinski definition) is 1. The number of sulfonamides is 1. The lowest BCUT2D eigenvalue weighted by molar-refractivity contribution is -0.141. The van der Waals surface area contributed by atoms with Gasteiger partial charge in [-0.1, -0.05) is 48.9 Å². The Morgan fingerprint density at radius 3 is 2.36 bits per heavy atom. The summed E-state index contributed by atoms with van der Waals surface area (Å²) in [5, 5.41) is 2.61. The Hall–Kier alpha value is -3.20. The fraction of sp³-hybridized carbons (Fsp3) is 0.375. The van der Waals surface area contributed by atoms with Crippen LogP contribution in [0.4, 0.5) is 0 Å². The van der Waals surface area contributed by atoms with Crippen molar-refractivity contribution in [2.75, 3.05) is 13.6 Å². The Bertz CT molecular complexity index is 1140. The van der Waals surface area contributed by atoms with E-state index < -0.39 is 22.0 Å². The van der Waals surface area contributed by atoms with Gasteiger partial charge < -0.3 is 10.2 Å². The Morgan fingerprint density at radius 2 is 1.76 bits per heavy atom. The lowest BCUT2D eigenvalue weighted by atomic mass is 10.1. The molecule has 8 nitrogen and oxygen atoms in total. The molecule has 1 heterocycles. The molecule has 3 amide bonds. The summed E-state index contributed by atoms with van der Waals surface area (Å²) in [5.41, 5.74) is 2.13. The number of carbonyl (C=O) groups excluding carboxylic acids is 3. The van der Waals surface area contributed by atoms with E-state index in [4.69, 9.17) is 0 Å². The summed E-state index contributed by atoms with van der Waals surface area (Å²) in [7, 11) is -2.38. The van der Waals surface area contributed by atoms with Crippen molar-refractivity contribution >= 4 is 27.7 Å². The molecule has 2 aromatic rings. The largest absolute Gasteiger partial charge is 0.357 e. The average Bonchev–Trinajstić information content (AvgIpc) is 3.00. The molecule has 176 valence electrons. The van der Waals surface area contributed by atoms with Crippen LogP contribution in [0.2, 0.25) is 0 Å². The van der Waals surface area contributed by atoms with Gasteiger partial charge in [0.05, 0.1) is 5.56 Å². The van der Waals surface area contributed by atoms with Crippen molar-refractivity contribution in [1.29, 1.82) is 0 Å². The average molecular weight is 472 g/mol. The molecule has 3 rings (SSSR count). The lowest BCUT2D eigenvalue weighted by Gasteiger charge is -2.30. The van der Waals surface area contributed by atoms with Gasteiger partial charge in [-0.25, -0.2) is 12.7 Å². The number of nitrogens with one attached hydrogen (secondary N) is 1. The molecule has 9 heteroatoms. The highest BCUT2D eigenvalue weighted by Gasteiger charge is 2.40. The zero-order valence-electron chi connectivity index (χ0n) is 19.1. The van der Waals surface area contributed by atoms with E-state index in [9.17, 15) is 22.8 Å². The van der Waals surface area contributed by atoms with E-state index in [1.807, 2.05) is 38.1 Å². The van der Waals surface area contributed by atoms with Crippen molar-refractivity contribution < 1.29 is 22.8 Å². The number of likely N-dealkylation sites (N-methyl/N-ethyl adjacent to an activating group) is 1. The van der Waals surface area contributed by atoms with Crippen LogP contribution < -0.4 is 5.32 Å². The molecule has 33 heavy (non-hydrogen) atoms. The van der Waals surface area contributed by atoms with Crippen LogP contribution in [0.25, 0.3) is 0 Å². The second-order valence-electron chi connectivity index (χ2n) is 8.03. The third-order valence-electron chi connectivity index (χ3n) is 5.77. The molecule has 1 aliphatic heterocycles. The summed E-state index contributed by atoms with van der Waals surface area (Å²) < 4.78 is 26.2. The van der Waals surface area contributed by atoms with E-state index in [1.165, 1.54) is 24.1 Å². The summed E-state index contributed by atoms with van der Waals surface area (Å²) in [6.07, 6.45) is 0.604. The van der Waals surface area contributed by atoms with Crippen molar-refractivity contribution in [2.24, 2.45) is 0 Å². The molecule has 0 spiro atoms. The van der Waals surface area contributed by atoms with Gasteiger partial charge in [0.1, 0.15) is 10.9 Å². The summed E-state index contributed by atoms with van der Waals surface area (Å²) >= 11 is 0. The van der Waals surface area contributed by atoms with Gasteiger partial charge in [-0.15, -0.1) is 0 Å². The number of rotatable bonds is 9. The second-order valence-corrected chi connectivity index (χ2v) is 9.86. The van der Waals surface area contributed by atoms with Crippen LogP contribution in [-0.4, -0.2) is 55.0 Å². The standard InChI is InChI=1S/C24H29N3O5S/c1-4-20(23(29)25-3)26(16-18-13-11-17(2)12-14-18)22(28)10-7-15-27-24(30)19-8-5-6-9-21(19)33(27,31)32/h5-6,8-9,11-14,20H,4,7,10,15-16H2,1-3H3,(H,25,29)/t20-/m1/s1. The van der Waals surface area contributed by atoms with E-state index in [0.29, 0.717) is 6.42 Å². The van der Waals surface area contributed by atoms with Crippen LogP contribution in [0, 0.1) is 6.92 Å². The Labute approximate surface area is 194 Å². The van der Waals surface area contributed by atoms with Crippen LogP contribution in [0.5, 0.6) is 0 Å². The third-order valence-corrected chi connectivity index (χ3v) is 7.61. The van der Waals surface area contributed by atoms with Gasteiger partial charge in [0.15, 0.2) is 0 Å². The molecule has 0 unspecified atom stereocenters. The van der Waals surface area contributed by atoms with Crippen LogP contribution in [0.1, 0.15) is 47.7 Å². The Morgan fingerprint density at radius 1 is 1.09 bits per heavy atom. The molecule has 1 aliphatic rings. The molecule has 1 atom stereocenters. The first kappa shape index (κ1) is 24.4. The first-order valence-electron chi connectivity index (χ1n) is 10.9. The number of carbonyl (C=O) groups is 3. The van der Waals surface area contributed by atoms with Gasteiger partial charge in [0.2, 0.25) is 11.8 Å². The minimum Gasteiger partial charge on any atom is -0.357 e. The summed E-state index contributed by atoms with van der Waals surface area (Å²) in [5.74, 6) is -1.11. The molecule has 0 aliphatic carbocycles. The minimum absolute atomic E-state index is 0.00649. The predicted molar refractivity (Wildman–Crippen MR) is 124 cm³/mol. The van der Waals surface area contributed by atoms with Crippen LogP contribution in [-0.2, 0) is 26.2 Å². The monoisotopic (exact) mass is 471 g/mol. The van der Waals surface area contributed by atoms with Crippen molar-refractivity contribution in [1.82, 2.24) is 14.5 Å². The fourth-order valence-electron chi connectivity index (χ4n) is 3.95. The van der Waals surface area contributed by atoms with Crippen molar-refractivity contribution in [2.45, 2.75) is 50.6 Å². The van der Waals surface area contributed by atoms with Crippen molar-refractivity contribution in [3.63, 3.8) is 0 Å². The number of benzene rings is 2. The van der Waals surface area contributed by atoms with Gasteiger partial charge in [-0.3, -0.25) is 14.4 Å². The molecule has 0 saturated carbocycles. The quantitative estimate of drug-likeness (QED) is 0.605. The van der Waals surface area contributed by atoms with Gasteiger partial charge in [-0.05, 0) is 37.5 Å². The van der Waals surface area contributed by atoms with Gasteiger partial charge in [-0.2, -0.15) is 0 Å². The predicted octanol–water partition coefficient (Wildman–Crippen LogP) is 2.47. The van der Waals surface area contributed by atoms with Gasteiger partial charge >= 0.3 is 0 Å². The maximum atomic E-state index is 13.2. The lowest BCUT2D eigenvalue weighted by Crippen LogP contribution is -2.48. The van der Waals surface area contributed by atoms with Crippen LogP contribution >= 0.6 is 0 Å². The minimum atomic E-state index is -3.91. The molecule has 0 radical (unpaired) electrons. The summed E-state index contributed by atoms with van der Waals surface area (Å²) in [6, 6.07) is 13.2. The SMILES string of the molecule is CC[C@H](C(=O)NC)N(Cc1ccc(C)cc1)C(=O)CCCN1C(=O)c2ccccc2S1(=O)=O. The molecular weight excluding hydrogens is 442 g/mol. The van der Waals surface area contributed by atoms with E-state index in [0.717, 1.165) is 15.4 Å². The Balaban J connectivity index is 1.72. The topological polar surface area (TPSA) is 104 Å². The molecule has 1 N–H and O–H groups in total. The number of aryl methyl sites for hydroxylation is 1. The summed E-state index contributed by atoms with van der Waals surface area (Å²) in [6.45, 7) is 3.97. The normalized spacial score (nSPS) is 15.1. The Kier molecular flexibility index (Phi) is 7.53. The zero-order valence-corrected chi connectivity index (χ0v) is 19.9. The first-order chi connectivity index (χ1) is 15.7. The van der Waals surface area contributed by atoms with E-state index in [1.54, 1.807) is 12.1 Å².